The van der Waals surface area contributed by atoms with Crippen molar-refractivity contribution < 1.29 is 9.53 Å². The number of benzene rings is 1. The number of halogens is 1. The second-order valence-corrected chi connectivity index (χ2v) is 4.47. The molecule has 0 saturated heterocycles. The van der Waals surface area contributed by atoms with E-state index in [9.17, 15) is 4.79 Å². The quantitative estimate of drug-likeness (QED) is 0.621. The van der Waals surface area contributed by atoms with Crippen molar-refractivity contribution in [1.29, 1.82) is 0 Å². The van der Waals surface area contributed by atoms with Gasteiger partial charge in [0, 0.05) is 4.47 Å². The number of aldehydes is 1. The number of hydrogen-bond donors (Lipinski definition) is 0. The highest BCUT2D eigenvalue weighted by Crippen LogP contribution is 2.25. The molecule has 0 N–H and O–H groups in total. The van der Waals surface area contributed by atoms with E-state index in [0.29, 0.717) is 11.3 Å². The Kier molecular flexibility index (Phi) is 3.54. The van der Waals surface area contributed by atoms with Gasteiger partial charge in [0.15, 0.2) is 11.9 Å². The highest BCUT2D eigenvalue weighted by molar-refractivity contribution is 9.10. The van der Waals surface area contributed by atoms with Crippen molar-refractivity contribution in [3.05, 3.63) is 28.2 Å². The molecule has 0 aromatic heterocycles. The molecule has 3 heteroatoms. The van der Waals surface area contributed by atoms with E-state index in [1.807, 2.05) is 0 Å². The Morgan fingerprint density at radius 3 is 2.73 bits per heavy atom. The van der Waals surface area contributed by atoms with Gasteiger partial charge in [-0.2, -0.15) is 0 Å². The Labute approximate surface area is 97.8 Å². The fraction of sp³-hybridized carbons (Fsp3) is 0.250. The zero-order valence-corrected chi connectivity index (χ0v) is 10.2. The Balaban J connectivity index is 3.09. The molecule has 0 saturated carbocycles. The summed E-state index contributed by atoms with van der Waals surface area (Å²) in [6.07, 6.45) is 6.05. The van der Waals surface area contributed by atoms with Crippen LogP contribution < -0.4 is 4.74 Å². The summed E-state index contributed by atoms with van der Waals surface area (Å²) in [4.78, 5) is 10.8. The van der Waals surface area contributed by atoms with E-state index in [-0.39, 0.29) is 0 Å². The third-order valence-electron chi connectivity index (χ3n) is 1.82. The zero-order valence-electron chi connectivity index (χ0n) is 8.58. The molecule has 0 aliphatic carbocycles. The van der Waals surface area contributed by atoms with Crippen molar-refractivity contribution in [3.8, 4) is 18.1 Å². The normalized spacial score (nSPS) is 10.5. The summed E-state index contributed by atoms with van der Waals surface area (Å²) in [5, 5.41) is 0. The topological polar surface area (TPSA) is 26.3 Å². The molecule has 0 spiro atoms. The van der Waals surface area contributed by atoms with Gasteiger partial charge in [-0.25, -0.2) is 0 Å². The maximum absolute atomic E-state index is 10.8. The van der Waals surface area contributed by atoms with Gasteiger partial charge in [0.1, 0.15) is 5.75 Å². The number of carbonyl (C=O) groups excluding carboxylic acids is 1. The summed E-state index contributed by atoms with van der Waals surface area (Å²) < 4.78 is 6.40. The summed E-state index contributed by atoms with van der Waals surface area (Å²) in [6.45, 7) is 3.53. The van der Waals surface area contributed by atoms with Crippen LogP contribution >= 0.6 is 15.9 Å². The number of ether oxygens (including phenoxy) is 1. The van der Waals surface area contributed by atoms with Gasteiger partial charge in [-0.1, -0.05) is 21.9 Å². The number of rotatable bonds is 3. The Morgan fingerprint density at radius 2 is 2.20 bits per heavy atom. The monoisotopic (exact) mass is 266 g/mol. The third-order valence-corrected chi connectivity index (χ3v) is 2.31. The molecule has 2 nitrogen and oxygen atoms in total. The van der Waals surface area contributed by atoms with Crippen LogP contribution in [0, 0.1) is 12.3 Å². The molecule has 0 radical (unpaired) electrons. The van der Waals surface area contributed by atoms with E-state index >= 15 is 0 Å². The molecular weight excluding hydrogens is 256 g/mol. The zero-order chi connectivity index (χ0) is 11.5. The second-order valence-electron chi connectivity index (χ2n) is 3.56. The first-order valence-electron chi connectivity index (χ1n) is 4.40. The van der Waals surface area contributed by atoms with Crippen LogP contribution in [0.25, 0.3) is 0 Å². The molecule has 1 aromatic rings. The van der Waals surface area contributed by atoms with Crippen LogP contribution in [0.5, 0.6) is 5.75 Å². The van der Waals surface area contributed by atoms with Crippen LogP contribution in [-0.2, 0) is 0 Å². The minimum Gasteiger partial charge on any atom is -0.474 e. The number of carbonyl (C=O) groups is 1. The first-order chi connectivity index (χ1) is 6.98. The average molecular weight is 267 g/mol. The summed E-state index contributed by atoms with van der Waals surface area (Å²) in [7, 11) is 0. The van der Waals surface area contributed by atoms with E-state index < -0.39 is 5.60 Å². The molecule has 0 atom stereocenters. The predicted molar refractivity (Wildman–Crippen MR) is 63.1 cm³/mol. The van der Waals surface area contributed by atoms with Gasteiger partial charge in [0.05, 0.1) is 5.56 Å². The lowest BCUT2D eigenvalue weighted by atomic mass is 10.1. The Bertz CT molecular complexity index is 416. The maximum Gasteiger partial charge on any atom is 0.163 e. The Hall–Kier alpha value is -1.27. The molecular formula is C12H11BrO2. The second kappa shape index (κ2) is 4.50. The van der Waals surface area contributed by atoms with E-state index in [1.165, 1.54) is 0 Å². The van der Waals surface area contributed by atoms with Crippen molar-refractivity contribution in [2.75, 3.05) is 0 Å². The van der Waals surface area contributed by atoms with Crippen LogP contribution in [0.15, 0.2) is 22.7 Å². The maximum atomic E-state index is 10.8. The molecule has 0 fully saturated rings. The van der Waals surface area contributed by atoms with E-state index in [4.69, 9.17) is 11.2 Å². The van der Waals surface area contributed by atoms with Gasteiger partial charge in [-0.15, -0.1) is 6.42 Å². The molecule has 0 amide bonds. The molecule has 0 unspecified atom stereocenters. The first-order valence-corrected chi connectivity index (χ1v) is 5.19. The first kappa shape index (κ1) is 11.8. The molecule has 15 heavy (non-hydrogen) atoms. The van der Waals surface area contributed by atoms with E-state index in [2.05, 4.69) is 21.9 Å². The van der Waals surface area contributed by atoms with E-state index in [0.717, 1.165) is 10.8 Å². The van der Waals surface area contributed by atoms with Gasteiger partial charge in [-0.05, 0) is 32.0 Å². The molecule has 78 valence electrons. The number of terminal acetylenes is 1. The van der Waals surface area contributed by atoms with Crippen LogP contribution in [0.3, 0.4) is 0 Å². The van der Waals surface area contributed by atoms with Crippen molar-refractivity contribution in [1.82, 2.24) is 0 Å². The van der Waals surface area contributed by atoms with Gasteiger partial charge in [0.25, 0.3) is 0 Å². The number of hydrogen-bond acceptors (Lipinski definition) is 2. The Morgan fingerprint density at radius 1 is 1.53 bits per heavy atom. The smallest absolute Gasteiger partial charge is 0.163 e. The summed E-state index contributed by atoms with van der Waals surface area (Å²) >= 11 is 3.31. The van der Waals surface area contributed by atoms with Gasteiger partial charge >= 0.3 is 0 Å². The highest BCUT2D eigenvalue weighted by Gasteiger charge is 2.17. The van der Waals surface area contributed by atoms with Gasteiger partial charge < -0.3 is 4.74 Å². The van der Waals surface area contributed by atoms with Crippen molar-refractivity contribution in [3.63, 3.8) is 0 Å². The molecule has 1 rings (SSSR count). The van der Waals surface area contributed by atoms with Crippen LogP contribution in [0.1, 0.15) is 24.2 Å². The van der Waals surface area contributed by atoms with Gasteiger partial charge in [-0.3, -0.25) is 4.79 Å². The molecule has 0 aliphatic rings. The largest absolute Gasteiger partial charge is 0.474 e. The molecule has 1 aromatic carbocycles. The summed E-state index contributed by atoms with van der Waals surface area (Å²) in [5.41, 5.74) is -0.236. The minimum atomic E-state index is -0.724. The predicted octanol–water partition coefficient (Wildman–Crippen LogP) is 3.05. The molecule has 0 bridgehead atoms. The van der Waals surface area contributed by atoms with Crippen molar-refractivity contribution in [2.45, 2.75) is 19.4 Å². The fourth-order valence-corrected chi connectivity index (χ4v) is 1.34. The highest BCUT2D eigenvalue weighted by atomic mass is 79.9. The lowest BCUT2D eigenvalue weighted by molar-refractivity contribution is 0.111. The van der Waals surface area contributed by atoms with Crippen LogP contribution in [-0.4, -0.2) is 11.9 Å². The molecule has 0 aliphatic heterocycles. The summed E-state index contributed by atoms with van der Waals surface area (Å²) in [6, 6.07) is 5.18. The fourth-order valence-electron chi connectivity index (χ4n) is 0.998. The standard InChI is InChI=1S/C12H11BrO2/c1-4-12(2,3)15-11-7-10(13)6-5-9(11)8-14/h1,5-8H,2-3H3. The third kappa shape index (κ3) is 3.10. The van der Waals surface area contributed by atoms with E-state index in [1.54, 1.807) is 32.0 Å². The van der Waals surface area contributed by atoms with Gasteiger partial charge in [0.2, 0.25) is 0 Å². The average Bonchev–Trinajstić information content (AvgIpc) is 2.18. The van der Waals surface area contributed by atoms with Crippen molar-refractivity contribution >= 4 is 22.2 Å². The minimum absolute atomic E-state index is 0.488. The SMILES string of the molecule is C#CC(C)(C)Oc1cc(Br)ccc1C=O. The summed E-state index contributed by atoms with van der Waals surface area (Å²) in [5.74, 6) is 3.00. The lowest BCUT2D eigenvalue weighted by Gasteiger charge is -2.21. The van der Waals surface area contributed by atoms with Crippen LogP contribution in [0.4, 0.5) is 0 Å². The molecule has 0 heterocycles. The lowest BCUT2D eigenvalue weighted by Crippen LogP contribution is -2.26. The van der Waals surface area contributed by atoms with Crippen LogP contribution in [0.2, 0.25) is 0 Å². The van der Waals surface area contributed by atoms with Crippen molar-refractivity contribution in [2.24, 2.45) is 0 Å².